The van der Waals surface area contributed by atoms with Gasteiger partial charge in [-0.25, -0.2) is 41.7 Å². The smallest absolute Gasteiger partial charge is 0.414 e. The first-order chi connectivity index (χ1) is 22.3. The zero-order chi connectivity index (χ0) is 37.2. The van der Waals surface area contributed by atoms with E-state index in [4.69, 9.17) is 18.9 Å². The SMILES string of the molecule is CC(C)(C)OC(=O)NC(=NC1=CC(Cc2[c-]ccc(N=C(NC(=O)OC(C)(C)C)NC(=O)OC(C)(C)C)c2)[CH-]C=C1)NC(=O)OC(C)(C)C.[Y]. The summed E-state index contributed by atoms with van der Waals surface area (Å²) in [7, 11) is 0. The molecule has 14 nitrogen and oxygen atoms in total. The summed E-state index contributed by atoms with van der Waals surface area (Å²) in [6, 6.07) is 8.25. The molecular formula is C35H50N6O8Y-2. The van der Waals surface area contributed by atoms with Crippen molar-refractivity contribution >= 4 is 42.0 Å². The van der Waals surface area contributed by atoms with E-state index in [-0.39, 0.29) is 50.5 Å². The van der Waals surface area contributed by atoms with Gasteiger partial charge in [-0.1, -0.05) is 18.4 Å². The Bertz CT molecular complexity index is 1430. The number of hydrogen-bond donors (Lipinski definition) is 4. The van der Waals surface area contributed by atoms with E-state index >= 15 is 0 Å². The summed E-state index contributed by atoms with van der Waals surface area (Å²) >= 11 is 0. The second-order valence-electron chi connectivity index (χ2n) is 15.0. The van der Waals surface area contributed by atoms with Crippen molar-refractivity contribution in [2.75, 3.05) is 0 Å². The molecule has 50 heavy (non-hydrogen) atoms. The fourth-order valence-electron chi connectivity index (χ4n) is 3.81. The van der Waals surface area contributed by atoms with Gasteiger partial charge in [0.25, 0.3) is 0 Å². The van der Waals surface area contributed by atoms with E-state index < -0.39 is 46.8 Å². The largest absolute Gasteiger partial charge is 0.444 e. The third-order valence-electron chi connectivity index (χ3n) is 5.27. The number of rotatable bonds is 4. The Morgan fingerprint density at radius 3 is 1.50 bits per heavy atom. The number of alkyl carbamates (subject to hydrolysis) is 4. The summed E-state index contributed by atoms with van der Waals surface area (Å²) in [4.78, 5) is 58.9. The molecule has 273 valence electrons. The van der Waals surface area contributed by atoms with Crippen LogP contribution in [0.1, 0.15) is 88.6 Å². The van der Waals surface area contributed by atoms with Crippen LogP contribution >= 0.6 is 0 Å². The van der Waals surface area contributed by atoms with Crippen LogP contribution in [0.2, 0.25) is 0 Å². The predicted molar refractivity (Wildman–Crippen MR) is 186 cm³/mol. The monoisotopic (exact) mass is 771 g/mol. The third kappa shape index (κ3) is 19.9. The minimum atomic E-state index is -0.812. The van der Waals surface area contributed by atoms with Crippen molar-refractivity contribution in [2.45, 2.75) is 112 Å². The standard InChI is InChI=1S/C35H50N6O8.Y/c1-32(2,3)46-28(42)38-26(39-29(43)47-33(4,5)6)36-24-17-13-15-22(20-24)19-23-16-14-18-25(21-23)37-27(40-30(44)48-34(7,8)9)41-31(45)49-35(10,11)12;/h13-15,17-18,20-22H,19H2,1-12H3,(H2,36,38,39,42,43)(H2,37,40,41,44,45);/q-2;. The molecule has 2 rings (SSSR count). The van der Waals surface area contributed by atoms with E-state index in [0.29, 0.717) is 17.8 Å². The maximum Gasteiger partial charge on any atom is 0.414 e. The first-order valence-corrected chi connectivity index (χ1v) is 15.8. The molecular weight excluding hydrogens is 721 g/mol. The van der Waals surface area contributed by atoms with Gasteiger partial charge in [-0.15, -0.1) is 12.1 Å². The van der Waals surface area contributed by atoms with Gasteiger partial charge in [0.1, 0.15) is 22.4 Å². The normalized spacial score (nSPS) is 14.2. The number of carbonyl (C=O) groups excluding carboxylic acids is 4. The maximum absolute atomic E-state index is 12.5. The van der Waals surface area contributed by atoms with Gasteiger partial charge in [0, 0.05) is 32.7 Å². The van der Waals surface area contributed by atoms with Gasteiger partial charge in [0.05, 0.1) is 0 Å². The van der Waals surface area contributed by atoms with Gasteiger partial charge < -0.3 is 18.9 Å². The van der Waals surface area contributed by atoms with Gasteiger partial charge in [-0.2, -0.15) is 23.8 Å². The minimum Gasteiger partial charge on any atom is -0.444 e. The molecule has 0 aromatic heterocycles. The molecule has 1 aliphatic carbocycles. The molecule has 1 atom stereocenters. The Labute approximate surface area is 320 Å². The van der Waals surface area contributed by atoms with Crippen molar-refractivity contribution in [3.63, 3.8) is 0 Å². The minimum absolute atomic E-state index is 0. The maximum atomic E-state index is 12.5. The van der Waals surface area contributed by atoms with Gasteiger partial charge in [0.15, 0.2) is 0 Å². The van der Waals surface area contributed by atoms with Crippen molar-refractivity contribution in [1.29, 1.82) is 0 Å². The molecule has 1 aliphatic rings. The molecule has 0 fully saturated rings. The van der Waals surface area contributed by atoms with Crippen LogP contribution in [-0.4, -0.2) is 58.7 Å². The summed E-state index contributed by atoms with van der Waals surface area (Å²) < 4.78 is 21.3. The molecule has 4 N–H and O–H groups in total. The number of nitrogens with zero attached hydrogens (tertiary/aromatic N) is 2. The van der Waals surface area contributed by atoms with Crippen molar-refractivity contribution in [3.05, 3.63) is 60.2 Å². The first kappa shape index (κ1) is 44.1. The Kier molecular flexibility index (Phi) is 16.2. The van der Waals surface area contributed by atoms with E-state index in [9.17, 15) is 19.2 Å². The summed E-state index contributed by atoms with van der Waals surface area (Å²) in [5.41, 5.74) is -1.50. The summed E-state index contributed by atoms with van der Waals surface area (Å²) in [5, 5.41) is 9.87. The van der Waals surface area contributed by atoms with Crippen LogP contribution in [0.25, 0.3) is 0 Å². The van der Waals surface area contributed by atoms with E-state index in [1.807, 2.05) is 12.5 Å². The van der Waals surface area contributed by atoms with Crippen molar-refractivity contribution in [3.8, 4) is 0 Å². The molecule has 15 heteroatoms. The van der Waals surface area contributed by atoms with E-state index in [2.05, 4.69) is 37.3 Å². The Morgan fingerprint density at radius 1 is 0.700 bits per heavy atom. The first-order valence-electron chi connectivity index (χ1n) is 15.8. The number of benzene rings is 1. The molecule has 1 aromatic carbocycles. The van der Waals surface area contributed by atoms with Crippen LogP contribution < -0.4 is 21.3 Å². The van der Waals surface area contributed by atoms with Crippen molar-refractivity contribution in [1.82, 2.24) is 21.3 Å². The predicted octanol–water partition coefficient (Wildman–Crippen LogP) is 6.74. The van der Waals surface area contributed by atoms with Crippen LogP contribution in [0.4, 0.5) is 24.9 Å². The Morgan fingerprint density at radius 2 is 1.10 bits per heavy atom. The number of aliphatic imine (C=N–C) groups is 2. The number of ether oxygens (including phenoxy) is 4. The van der Waals surface area contributed by atoms with E-state index in [1.165, 1.54) is 0 Å². The Hall–Kier alpha value is -3.91. The molecule has 0 spiro atoms. The van der Waals surface area contributed by atoms with Crippen LogP contribution in [-0.2, 0) is 58.1 Å². The van der Waals surface area contributed by atoms with Crippen molar-refractivity contribution in [2.24, 2.45) is 15.9 Å². The van der Waals surface area contributed by atoms with Gasteiger partial charge in [-0.3, -0.25) is 21.3 Å². The van der Waals surface area contributed by atoms with Gasteiger partial charge in [0.2, 0.25) is 11.9 Å². The number of guanidine groups is 2. The molecule has 0 saturated heterocycles. The van der Waals surface area contributed by atoms with Crippen LogP contribution in [0.15, 0.2) is 52.1 Å². The summed E-state index contributed by atoms with van der Waals surface area (Å²) in [6.45, 7) is 20.5. The molecule has 0 aliphatic heterocycles. The van der Waals surface area contributed by atoms with Crippen molar-refractivity contribution < 1.29 is 70.8 Å². The average Bonchev–Trinajstić information content (AvgIpc) is 2.84. The second kappa shape index (κ2) is 18.4. The van der Waals surface area contributed by atoms with E-state index in [0.717, 1.165) is 5.56 Å². The Balaban J connectivity index is 0.0000125. The molecule has 1 aromatic rings. The number of hydrogen-bond acceptors (Lipinski definition) is 10. The zero-order valence-corrected chi connectivity index (χ0v) is 33.9. The van der Waals surface area contributed by atoms with Crippen LogP contribution in [0, 0.1) is 18.4 Å². The number of nitrogens with one attached hydrogen (secondary N) is 4. The molecule has 0 bridgehead atoms. The quantitative estimate of drug-likeness (QED) is 0.113. The third-order valence-corrected chi connectivity index (χ3v) is 5.27. The molecule has 4 amide bonds. The molecule has 0 saturated carbocycles. The number of amides is 4. The van der Waals surface area contributed by atoms with E-state index in [1.54, 1.807) is 113 Å². The number of carbonyl (C=O) groups is 4. The molecule has 1 radical (unpaired) electrons. The van der Waals surface area contributed by atoms with Gasteiger partial charge >= 0.3 is 24.4 Å². The summed E-state index contributed by atoms with van der Waals surface area (Å²) in [6.07, 6.45) is 4.54. The summed E-state index contributed by atoms with van der Waals surface area (Å²) in [5.74, 6) is -0.528. The average molecular weight is 772 g/mol. The van der Waals surface area contributed by atoms with Crippen LogP contribution in [0.5, 0.6) is 0 Å². The fraction of sp³-hybridized carbons (Fsp3) is 0.514. The molecule has 0 heterocycles. The topological polar surface area (TPSA) is 178 Å². The molecule has 1 unspecified atom stereocenters. The van der Waals surface area contributed by atoms with Gasteiger partial charge in [-0.05, 0) is 94.5 Å². The zero-order valence-electron chi connectivity index (χ0n) is 31.1. The van der Waals surface area contributed by atoms with Crippen LogP contribution in [0.3, 0.4) is 0 Å². The fourth-order valence-corrected chi connectivity index (χ4v) is 3.81. The second-order valence-corrected chi connectivity index (χ2v) is 15.0. The number of allylic oxidation sites excluding steroid dienone is 3.